The van der Waals surface area contributed by atoms with Crippen molar-refractivity contribution in [1.29, 1.82) is 0 Å². The average molecular weight is 412 g/mol. The number of amides is 2. The number of fused-ring (bicyclic) bond motifs is 1. The maximum atomic E-state index is 13.3. The standard InChI is InChI=1S/C22H28N4O4/c1-14-12-26(15(2)13-27)22(29)17-5-4-6-18(20(17)30-19(14)11-23-3)25-21(28)16-7-9-24-10-8-16/h4-10,14-15,19,23,27H,11-13H2,1-3H3,(H,25,28)/t14-,15-,19-/m1/s1. The number of pyridine rings is 1. The normalized spacial score (nSPS) is 19.9. The highest BCUT2D eigenvalue weighted by Crippen LogP contribution is 2.34. The molecule has 0 saturated carbocycles. The van der Waals surface area contributed by atoms with Gasteiger partial charge in [0.2, 0.25) is 0 Å². The first kappa shape index (κ1) is 21.7. The molecule has 1 aliphatic heterocycles. The maximum Gasteiger partial charge on any atom is 0.258 e. The van der Waals surface area contributed by atoms with Gasteiger partial charge in [-0.1, -0.05) is 13.0 Å². The summed E-state index contributed by atoms with van der Waals surface area (Å²) in [6, 6.07) is 8.00. The Morgan fingerprint density at radius 2 is 2.07 bits per heavy atom. The number of hydrogen-bond donors (Lipinski definition) is 3. The van der Waals surface area contributed by atoms with E-state index in [4.69, 9.17) is 4.74 Å². The van der Waals surface area contributed by atoms with Crippen LogP contribution in [0.4, 0.5) is 5.69 Å². The van der Waals surface area contributed by atoms with Crippen LogP contribution in [0.1, 0.15) is 34.6 Å². The van der Waals surface area contributed by atoms with Gasteiger partial charge in [0.05, 0.1) is 23.9 Å². The Morgan fingerprint density at radius 3 is 2.73 bits per heavy atom. The second kappa shape index (κ2) is 9.69. The highest BCUT2D eigenvalue weighted by molar-refractivity contribution is 6.07. The quantitative estimate of drug-likeness (QED) is 0.668. The van der Waals surface area contributed by atoms with E-state index in [1.807, 2.05) is 20.9 Å². The fraction of sp³-hybridized carbons (Fsp3) is 0.409. The Hall–Kier alpha value is -2.97. The third-order valence-electron chi connectivity index (χ3n) is 5.29. The van der Waals surface area contributed by atoms with Gasteiger partial charge in [-0.3, -0.25) is 14.6 Å². The molecule has 8 heteroatoms. The van der Waals surface area contributed by atoms with Gasteiger partial charge >= 0.3 is 0 Å². The topological polar surface area (TPSA) is 104 Å². The predicted molar refractivity (Wildman–Crippen MR) is 114 cm³/mol. The van der Waals surface area contributed by atoms with E-state index in [-0.39, 0.29) is 36.5 Å². The number of hydrogen-bond acceptors (Lipinski definition) is 6. The molecule has 3 atom stereocenters. The number of aliphatic hydroxyl groups excluding tert-OH is 1. The summed E-state index contributed by atoms with van der Waals surface area (Å²) < 4.78 is 6.29. The molecule has 2 heterocycles. The van der Waals surface area contributed by atoms with Gasteiger partial charge in [-0.2, -0.15) is 0 Å². The smallest absolute Gasteiger partial charge is 0.258 e. The number of aliphatic hydroxyl groups is 1. The van der Waals surface area contributed by atoms with E-state index < -0.39 is 0 Å². The fourth-order valence-electron chi connectivity index (χ4n) is 3.48. The lowest BCUT2D eigenvalue weighted by Gasteiger charge is -2.37. The number of benzene rings is 1. The first-order valence-electron chi connectivity index (χ1n) is 10.0. The summed E-state index contributed by atoms with van der Waals surface area (Å²) >= 11 is 0. The third-order valence-corrected chi connectivity index (χ3v) is 5.29. The van der Waals surface area contributed by atoms with Gasteiger partial charge in [-0.05, 0) is 38.2 Å². The Kier molecular flexibility index (Phi) is 7.02. The van der Waals surface area contributed by atoms with Crippen LogP contribution < -0.4 is 15.4 Å². The van der Waals surface area contributed by atoms with Gasteiger partial charge in [-0.15, -0.1) is 0 Å². The highest BCUT2D eigenvalue weighted by atomic mass is 16.5. The van der Waals surface area contributed by atoms with Gasteiger partial charge in [0.15, 0.2) is 5.75 Å². The monoisotopic (exact) mass is 412 g/mol. The number of para-hydroxylation sites is 1. The molecule has 1 aromatic carbocycles. The zero-order valence-electron chi connectivity index (χ0n) is 17.5. The molecular weight excluding hydrogens is 384 g/mol. The van der Waals surface area contributed by atoms with E-state index in [2.05, 4.69) is 15.6 Å². The van der Waals surface area contributed by atoms with Crippen LogP contribution in [-0.2, 0) is 0 Å². The molecule has 3 N–H and O–H groups in total. The molecule has 0 bridgehead atoms. The minimum atomic E-state index is -0.337. The number of rotatable bonds is 6. The van der Waals surface area contributed by atoms with E-state index in [9.17, 15) is 14.7 Å². The fourth-order valence-corrected chi connectivity index (χ4v) is 3.48. The van der Waals surface area contributed by atoms with Gasteiger partial charge in [0.1, 0.15) is 6.10 Å². The molecule has 2 aromatic rings. The molecule has 0 aliphatic carbocycles. The van der Waals surface area contributed by atoms with Crippen LogP contribution in [-0.4, -0.2) is 65.7 Å². The van der Waals surface area contributed by atoms with E-state index in [0.717, 1.165) is 0 Å². The highest BCUT2D eigenvalue weighted by Gasteiger charge is 2.33. The minimum Gasteiger partial charge on any atom is -0.486 e. The van der Waals surface area contributed by atoms with Crippen molar-refractivity contribution in [3.05, 3.63) is 53.9 Å². The summed E-state index contributed by atoms with van der Waals surface area (Å²) in [4.78, 5) is 31.6. The number of carbonyl (C=O) groups is 2. The lowest BCUT2D eigenvalue weighted by atomic mass is 9.99. The van der Waals surface area contributed by atoms with Crippen LogP contribution >= 0.6 is 0 Å². The van der Waals surface area contributed by atoms with E-state index in [0.29, 0.717) is 35.7 Å². The number of anilines is 1. The second-order valence-electron chi connectivity index (χ2n) is 7.55. The minimum absolute atomic E-state index is 0.00695. The number of nitrogens with zero attached hydrogens (tertiary/aromatic N) is 2. The third kappa shape index (κ3) is 4.60. The molecule has 1 aromatic heterocycles. The molecule has 160 valence electrons. The first-order chi connectivity index (χ1) is 14.5. The largest absolute Gasteiger partial charge is 0.486 e. The number of aromatic nitrogens is 1. The van der Waals surface area contributed by atoms with Crippen LogP contribution in [0.5, 0.6) is 5.75 Å². The zero-order chi connectivity index (χ0) is 21.7. The predicted octanol–water partition coefficient (Wildman–Crippen LogP) is 1.77. The van der Waals surface area contributed by atoms with Gasteiger partial charge in [0, 0.05) is 37.0 Å². The van der Waals surface area contributed by atoms with Crippen molar-refractivity contribution in [2.24, 2.45) is 5.92 Å². The first-order valence-corrected chi connectivity index (χ1v) is 10.0. The van der Waals surface area contributed by atoms with Gasteiger partial charge < -0.3 is 25.4 Å². The van der Waals surface area contributed by atoms with Gasteiger partial charge in [-0.25, -0.2) is 0 Å². The molecule has 1 aliphatic rings. The summed E-state index contributed by atoms with van der Waals surface area (Å²) in [5, 5.41) is 15.7. The summed E-state index contributed by atoms with van der Waals surface area (Å²) in [5.41, 5.74) is 1.24. The van der Waals surface area contributed by atoms with Crippen molar-refractivity contribution in [2.45, 2.75) is 26.0 Å². The number of carbonyl (C=O) groups excluding carboxylic acids is 2. The maximum absolute atomic E-state index is 13.3. The molecule has 0 unspecified atom stereocenters. The summed E-state index contributed by atoms with van der Waals surface area (Å²) in [6.07, 6.45) is 2.86. The Bertz CT molecular complexity index is 890. The molecule has 8 nitrogen and oxygen atoms in total. The Morgan fingerprint density at radius 1 is 1.33 bits per heavy atom. The number of likely N-dealkylation sites (N-methyl/N-ethyl adjacent to an activating group) is 1. The van der Waals surface area contributed by atoms with Crippen molar-refractivity contribution in [1.82, 2.24) is 15.2 Å². The number of ether oxygens (including phenoxy) is 1. The molecule has 0 radical (unpaired) electrons. The van der Waals surface area contributed by atoms with Crippen LogP contribution in [0.3, 0.4) is 0 Å². The van der Waals surface area contributed by atoms with Crippen molar-refractivity contribution in [3.63, 3.8) is 0 Å². The number of nitrogens with one attached hydrogen (secondary N) is 2. The SMILES string of the molecule is CNC[C@H]1Oc2c(NC(=O)c3ccncc3)cccc2C(=O)N([C@H](C)CO)C[C@H]1C. The molecule has 0 saturated heterocycles. The van der Waals surface area contributed by atoms with Crippen LogP contribution in [0, 0.1) is 5.92 Å². The van der Waals surface area contributed by atoms with E-state index >= 15 is 0 Å². The Labute approximate surface area is 176 Å². The van der Waals surface area contributed by atoms with E-state index in [1.165, 1.54) is 0 Å². The van der Waals surface area contributed by atoms with Crippen molar-refractivity contribution < 1.29 is 19.4 Å². The second-order valence-corrected chi connectivity index (χ2v) is 7.55. The van der Waals surface area contributed by atoms with E-state index in [1.54, 1.807) is 47.6 Å². The lowest BCUT2D eigenvalue weighted by Crippen LogP contribution is -2.49. The molecule has 30 heavy (non-hydrogen) atoms. The van der Waals surface area contributed by atoms with Crippen molar-refractivity contribution in [3.8, 4) is 5.75 Å². The van der Waals surface area contributed by atoms with Crippen LogP contribution in [0.25, 0.3) is 0 Å². The summed E-state index contributed by atoms with van der Waals surface area (Å²) in [6.45, 7) is 4.72. The average Bonchev–Trinajstić information content (AvgIpc) is 2.76. The zero-order valence-corrected chi connectivity index (χ0v) is 17.5. The summed E-state index contributed by atoms with van der Waals surface area (Å²) in [5.74, 6) is -0.205. The molecule has 0 spiro atoms. The molecule has 0 fully saturated rings. The van der Waals surface area contributed by atoms with Crippen LogP contribution in [0.2, 0.25) is 0 Å². The summed E-state index contributed by atoms with van der Waals surface area (Å²) in [7, 11) is 1.84. The van der Waals surface area contributed by atoms with Gasteiger partial charge in [0.25, 0.3) is 11.8 Å². The Balaban J connectivity index is 2.03. The molecule has 3 rings (SSSR count). The van der Waals surface area contributed by atoms with Crippen molar-refractivity contribution in [2.75, 3.05) is 32.1 Å². The van der Waals surface area contributed by atoms with Crippen molar-refractivity contribution >= 4 is 17.5 Å². The molecular formula is C22H28N4O4. The lowest BCUT2D eigenvalue weighted by molar-refractivity contribution is 0.0417. The van der Waals surface area contributed by atoms with Crippen LogP contribution in [0.15, 0.2) is 42.7 Å². The molecule has 2 amide bonds.